The predicted molar refractivity (Wildman–Crippen MR) is 366 cm³/mol. The first-order chi connectivity index (χ1) is 44.7. The van der Waals surface area contributed by atoms with Gasteiger partial charge in [-0.05, 0) is 123 Å². The van der Waals surface area contributed by atoms with Gasteiger partial charge in [0.2, 0.25) is 11.8 Å². The van der Waals surface area contributed by atoms with Gasteiger partial charge in [0.15, 0.2) is 6.10 Å². The molecule has 542 valence electrons. The van der Waals surface area contributed by atoms with Crippen LogP contribution in [0, 0.1) is 46.3 Å². The van der Waals surface area contributed by atoms with Crippen LogP contribution in [-0.2, 0) is 66.7 Å². The summed E-state index contributed by atoms with van der Waals surface area (Å²) in [5.41, 5.74) is 0.493. The minimum absolute atomic E-state index is 0. The first kappa shape index (κ1) is 86.6. The molecule has 4 saturated carbocycles. The molecule has 3 unspecified atom stereocenters. The van der Waals surface area contributed by atoms with Crippen molar-refractivity contribution in [2.75, 3.05) is 51.9 Å². The van der Waals surface area contributed by atoms with E-state index in [0.717, 1.165) is 64.2 Å². The standard InChI is InChI=1S/C73H133N2O16PS.Na/c1-6-8-10-12-14-16-18-20-22-24-26-28-30-32-34-36-69(78)88-57-62(91-71(80)37-35-33-31-29-27-25-23-21-19-17-15-13-11-9-7-2)58-90-92(81,82)89-52-50-74-68(77)44-45-70(79)87-54-53-86-61-46-48-72(4)60(56-61)39-40-63-65-42-41-64(73(65,5)49-47-66(63)72)59(3)38-43-67(76)75-51-55-93(83,84)85;/h59-66H,6-58H2,1-5H3,(H,74,77)(H,75,76)(H,81,82)(H,83,84,85);/q;+1/p-1/t59-,60?,61+,62?,63+,64-,65+,66+,72+,73-;/m1./s1. The molecule has 0 aromatic heterocycles. The van der Waals surface area contributed by atoms with Crippen molar-refractivity contribution in [1.29, 1.82) is 0 Å². The molecule has 0 aromatic carbocycles. The smallest absolute Gasteiger partial charge is 0.748 e. The minimum atomic E-state index is -4.68. The second-order valence-corrected chi connectivity index (χ2v) is 32.1. The van der Waals surface area contributed by atoms with Gasteiger partial charge in [-0.3, -0.25) is 33.0 Å². The molecule has 0 heterocycles. The largest absolute Gasteiger partial charge is 1.00 e. The Morgan fingerprint density at radius 2 is 1.03 bits per heavy atom. The molecule has 0 aliphatic heterocycles. The summed E-state index contributed by atoms with van der Waals surface area (Å²) in [7, 11) is -9.05. The number of fused-ring (bicyclic) bond motifs is 5. The van der Waals surface area contributed by atoms with Crippen molar-refractivity contribution < 1.29 is 104 Å². The molecule has 21 heteroatoms. The zero-order chi connectivity index (χ0) is 67.6. The predicted octanol–water partition coefficient (Wildman–Crippen LogP) is 13.7. The van der Waals surface area contributed by atoms with Gasteiger partial charge in [0.1, 0.15) is 13.2 Å². The monoisotopic (exact) mass is 1380 g/mol. The van der Waals surface area contributed by atoms with Crippen molar-refractivity contribution in [3.8, 4) is 0 Å². The van der Waals surface area contributed by atoms with Crippen LogP contribution in [0.3, 0.4) is 0 Å². The van der Waals surface area contributed by atoms with Crippen molar-refractivity contribution in [1.82, 2.24) is 10.6 Å². The first-order valence-corrected chi connectivity index (χ1v) is 41.0. The molecule has 4 fully saturated rings. The summed E-state index contributed by atoms with van der Waals surface area (Å²) in [4.78, 5) is 74.0. The van der Waals surface area contributed by atoms with Gasteiger partial charge in [0, 0.05) is 38.8 Å². The van der Waals surface area contributed by atoms with Gasteiger partial charge in [-0.15, -0.1) is 0 Å². The second kappa shape index (κ2) is 49.8. The summed E-state index contributed by atoms with van der Waals surface area (Å²) in [5.74, 6) is 0.796. The number of esters is 3. The van der Waals surface area contributed by atoms with Gasteiger partial charge in [-0.25, -0.2) is 13.0 Å². The van der Waals surface area contributed by atoms with Gasteiger partial charge in [-0.1, -0.05) is 214 Å². The van der Waals surface area contributed by atoms with Gasteiger partial charge >= 0.3 is 55.3 Å². The fourth-order valence-corrected chi connectivity index (χ4v) is 17.6. The topological polar surface area (TPSA) is 259 Å². The summed E-state index contributed by atoms with van der Waals surface area (Å²) >= 11 is 0. The van der Waals surface area contributed by atoms with Crippen molar-refractivity contribution in [3.63, 3.8) is 0 Å². The van der Waals surface area contributed by atoms with E-state index in [9.17, 15) is 46.4 Å². The van der Waals surface area contributed by atoms with E-state index in [1.807, 2.05) is 0 Å². The molecule has 0 spiro atoms. The van der Waals surface area contributed by atoms with E-state index in [0.29, 0.717) is 54.8 Å². The number of phosphoric acid groups is 1. The Bertz CT molecular complexity index is 2250. The molecular formula is C73H132N2NaO16PS. The normalized spacial score (nSPS) is 23.7. The number of phosphoric ester groups is 1. The van der Waals surface area contributed by atoms with E-state index >= 15 is 0 Å². The van der Waals surface area contributed by atoms with Crippen LogP contribution >= 0.6 is 7.82 Å². The van der Waals surface area contributed by atoms with E-state index in [1.165, 1.54) is 180 Å². The zero-order valence-corrected chi connectivity index (χ0v) is 63.7. The quantitative estimate of drug-likeness (QED) is 0.0128. The number of amides is 2. The fourth-order valence-electron chi connectivity index (χ4n) is 16.5. The number of rotatable bonds is 56. The van der Waals surface area contributed by atoms with Crippen molar-refractivity contribution >= 4 is 47.7 Å². The van der Waals surface area contributed by atoms with Crippen LogP contribution < -0.4 is 40.2 Å². The molecule has 2 amide bonds. The summed E-state index contributed by atoms with van der Waals surface area (Å²) < 4.78 is 79.0. The minimum Gasteiger partial charge on any atom is -0.748 e. The Morgan fingerprint density at radius 1 is 0.543 bits per heavy atom. The molecular weight excluding hydrogens is 1250 g/mol. The molecule has 18 nitrogen and oxygen atoms in total. The molecule has 4 aliphatic carbocycles. The third-order valence-electron chi connectivity index (χ3n) is 21.9. The first-order valence-electron chi connectivity index (χ1n) is 37.9. The van der Waals surface area contributed by atoms with Crippen LogP contribution in [0.4, 0.5) is 0 Å². The van der Waals surface area contributed by atoms with Gasteiger partial charge < -0.3 is 39.0 Å². The van der Waals surface area contributed by atoms with Crippen LogP contribution in [0.15, 0.2) is 0 Å². The SMILES string of the molecule is CCCCCCCCCCCCCCCCCC(=O)OCC(COP(=O)(O)OCCNC(=O)CCC(=O)OCCO[C@H]1CC[C@@]2(C)C(CC[C@H]3[C@@H]4CC[C@H]([C@H](C)CCC(=O)NCCS(=O)(=O)[O-])[C@@]4(C)CC[C@@H]32)C1)OC(=O)CCCCCCCCCCCCCCCCC.[Na+]. The summed E-state index contributed by atoms with van der Waals surface area (Å²) in [6.07, 6.45) is 46.7. The number of carbonyl (C=O) groups is 5. The zero-order valence-electron chi connectivity index (χ0n) is 60.0. The number of nitrogens with one attached hydrogen (secondary N) is 2. The number of unbranched alkanes of at least 4 members (excludes halogenated alkanes) is 28. The maximum Gasteiger partial charge on any atom is 1.00 e. The van der Waals surface area contributed by atoms with E-state index in [4.69, 9.17) is 28.0 Å². The Morgan fingerprint density at radius 3 is 1.59 bits per heavy atom. The number of carbonyl (C=O) groups excluding carboxylic acids is 5. The van der Waals surface area contributed by atoms with E-state index in [2.05, 4.69) is 45.3 Å². The molecule has 3 N–H and O–H groups in total. The van der Waals surface area contributed by atoms with Crippen LogP contribution in [0.1, 0.15) is 324 Å². The van der Waals surface area contributed by atoms with Gasteiger partial charge in [0.25, 0.3) is 0 Å². The second-order valence-electron chi connectivity index (χ2n) is 29.1. The molecule has 94 heavy (non-hydrogen) atoms. The third kappa shape index (κ3) is 36.1. The summed E-state index contributed by atoms with van der Waals surface area (Å²) in [5, 5.41) is 5.18. The molecule has 0 radical (unpaired) electrons. The molecule has 4 rings (SSSR count). The molecule has 0 saturated heterocycles. The van der Waals surface area contributed by atoms with Crippen LogP contribution in [0.25, 0.3) is 0 Å². The Kier molecular flexibility index (Phi) is 45.9. The van der Waals surface area contributed by atoms with Crippen LogP contribution in [0.5, 0.6) is 0 Å². The van der Waals surface area contributed by atoms with Gasteiger partial charge in [-0.2, -0.15) is 0 Å². The fraction of sp³-hybridized carbons (Fsp3) is 0.932. The average Bonchev–Trinajstić information content (AvgIpc) is 1.36. The van der Waals surface area contributed by atoms with E-state index in [1.54, 1.807) is 0 Å². The molecule has 4 aliphatic rings. The Balaban J connectivity index is 0.0000230. The van der Waals surface area contributed by atoms with Crippen molar-refractivity contribution in [3.05, 3.63) is 0 Å². The maximum atomic E-state index is 13.0. The summed E-state index contributed by atoms with van der Waals surface area (Å²) in [6.45, 7) is 10.6. The van der Waals surface area contributed by atoms with Crippen molar-refractivity contribution in [2.24, 2.45) is 46.3 Å². The Hall–Kier alpha value is -1.67. The van der Waals surface area contributed by atoms with Crippen molar-refractivity contribution in [2.45, 2.75) is 336 Å². The third-order valence-corrected chi connectivity index (χ3v) is 23.6. The Labute approximate surface area is 592 Å². The molecule has 11 atom stereocenters. The number of ether oxygens (including phenoxy) is 4. The van der Waals surface area contributed by atoms with E-state index in [-0.39, 0.29) is 118 Å². The average molecular weight is 1380 g/mol. The molecule has 0 bridgehead atoms. The van der Waals surface area contributed by atoms with Crippen LogP contribution in [0.2, 0.25) is 0 Å². The van der Waals surface area contributed by atoms with E-state index < -0.39 is 60.2 Å². The summed E-state index contributed by atoms with van der Waals surface area (Å²) in [6, 6.07) is 0. The number of hydrogen-bond donors (Lipinski definition) is 3. The molecule has 0 aromatic rings. The number of hydrogen-bond acceptors (Lipinski definition) is 15. The van der Waals surface area contributed by atoms with Gasteiger partial charge in [0.05, 0.1) is 48.2 Å². The maximum absolute atomic E-state index is 13.0. The van der Waals surface area contributed by atoms with Crippen LogP contribution in [-0.4, -0.2) is 112 Å².